The molecule has 88 valence electrons. The van der Waals surface area contributed by atoms with Crippen molar-refractivity contribution in [2.45, 2.75) is 26.7 Å². The first-order valence-electron chi connectivity index (χ1n) is 5.67. The van der Waals surface area contributed by atoms with Crippen molar-refractivity contribution >= 4 is 17.5 Å². The molecule has 0 saturated heterocycles. The minimum Gasteiger partial charge on any atom is -0.269 e. The number of rotatable bonds is 2. The molecule has 0 N–H and O–H groups in total. The van der Waals surface area contributed by atoms with Crippen molar-refractivity contribution < 1.29 is 9.59 Å². The van der Waals surface area contributed by atoms with Crippen molar-refractivity contribution in [3.63, 3.8) is 0 Å². The highest BCUT2D eigenvalue weighted by atomic mass is 16.2. The lowest BCUT2D eigenvalue weighted by atomic mass is 10.0. The van der Waals surface area contributed by atoms with E-state index in [1.54, 1.807) is 6.92 Å². The van der Waals surface area contributed by atoms with Crippen LogP contribution in [0.2, 0.25) is 0 Å². The van der Waals surface area contributed by atoms with Gasteiger partial charge in [0.2, 0.25) is 0 Å². The average molecular weight is 229 g/mol. The normalized spacial score (nSPS) is 15.8. The van der Waals surface area contributed by atoms with Gasteiger partial charge in [-0.15, -0.1) is 0 Å². The van der Waals surface area contributed by atoms with Gasteiger partial charge in [0.15, 0.2) is 0 Å². The summed E-state index contributed by atoms with van der Waals surface area (Å²) in [5.41, 5.74) is 2.32. The molecule has 1 aliphatic rings. The zero-order valence-corrected chi connectivity index (χ0v) is 10.2. The molecule has 1 aromatic carbocycles. The van der Waals surface area contributed by atoms with Gasteiger partial charge in [-0.25, -0.2) is 4.90 Å². The molecule has 0 bridgehead atoms. The Bertz CT molecular complexity index is 497. The minimum atomic E-state index is -0.259. The zero-order valence-electron chi connectivity index (χ0n) is 10.2. The molecule has 0 fully saturated rings. The topological polar surface area (TPSA) is 37.4 Å². The van der Waals surface area contributed by atoms with E-state index >= 15 is 0 Å². The first-order chi connectivity index (χ1) is 8.00. The zero-order chi connectivity index (χ0) is 12.6. The van der Waals surface area contributed by atoms with Crippen LogP contribution in [0, 0.1) is 0 Å². The molecule has 1 aliphatic heterocycles. The molecule has 17 heavy (non-hydrogen) atoms. The number of carbonyl (C=O) groups is 2. The lowest BCUT2D eigenvalue weighted by Gasteiger charge is -2.15. The molecular formula is C14H15NO2. The van der Waals surface area contributed by atoms with Gasteiger partial charge in [-0.1, -0.05) is 26.0 Å². The number of imide groups is 1. The van der Waals surface area contributed by atoms with E-state index in [9.17, 15) is 9.59 Å². The fourth-order valence-electron chi connectivity index (χ4n) is 1.84. The third kappa shape index (κ3) is 2.00. The summed E-state index contributed by atoms with van der Waals surface area (Å²) in [5, 5.41) is 0. The SMILES string of the molecule is CC1=CC(=O)N(c2ccc(C(C)C)cc2)C1=O. The van der Waals surface area contributed by atoms with Gasteiger partial charge in [-0.2, -0.15) is 0 Å². The highest BCUT2D eigenvalue weighted by Gasteiger charge is 2.29. The average Bonchev–Trinajstić information content (AvgIpc) is 2.53. The quantitative estimate of drug-likeness (QED) is 0.731. The number of benzene rings is 1. The molecule has 0 unspecified atom stereocenters. The Morgan fingerprint density at radius 2 is 1.65 bits per heavy atom. The van der Waals surface area contributed by atoms with Crippen LogP contribution in [-0.4, -0.2) is 11.8 Å². The second-order valence-corrected chi connectivity index (χ2v) is 4.55. The number of amides is 2. The molecule has 2 rings (SSSR count). The van der Waals surface area contributed by atoms with Crippen molar-refractivity contribution in [2.24, 2.45) is 0 Å². The summed E-state index contributed by atoms with van der Waals surface area (Å²) in [6, 6.07) is 7.54. The summed E-state index contributed by atoms with van der Waals surface area (Å²) in [6.45, 7) is 5.86. The van der Waals surface area contributed by atoms with Gasteiger partial charge in [-0.3, -0.25) is 9.59 Å². The summed E-state index contributed by atoms with van der Waals surface area (Å²) in [5.74, 6) is -0.0500. The van der Waals surface area contributed by atoms with E-state index in [0.717, 1.165) is 0 Å². The van der Waals surface area contributed by atoms with Gasteiger partial charge >= 0.3 is 0 Å². The van der Waals surface area contributed by atoms with Crippen LogP contribution in [0.3, 0.4) is 0 Å². The van der Waals surface area contributed by atoms with E-state index in [4.69, 9.17) is 0 Å². The lowest BCUT2D eigenvalue weighted by Crippen LogP contribution is -2.30. The number of anilines is 1. The molecule has 2 amide bonds. The van der Waals surface area contributed by atoms with Crippen molar-refractivity contribution in [2.75, 3.05) is 4.90 Å². The van der Waals surface area contributed by atoms with Crippen molar-refractivity contribution in [3.05, 3.63) is 41.5 Å². The molecular weight excluding hydrogens is 214 g/mol. The third-order valence-corrected chi connectivity index (χ3v) is 2.92. The van der Waals surface area contributed by atoms with E-state index in [1.165, 1.54) is 16.5 Å². The Balaban J connectivity index is 2.30. The first-order valence-corrected chi connectivity index (χ1v) is 5.67. The van der Waals surface area contributed by atoms with Crippen LogP contribution < -0.4 is 4.90 Å². The molecule has 0 saturated carbocycles. The molecule has 0 aromatic heterocycles. The maximum absolute atomic E-state index is 11.8. The molecule has 1 heterocycles. The monoisotopic (exact) mass is 229 g/mol. The van der Waals surface area contributed by atoms with Crippen LogP contribution in [0.5, 0.6) is 0 Å². The summed E-state index contributed by atoms with van der Waals surface area (Å²) in [6.07, 6.45) is 1.37. The van der Waals surface area contributed by atoms with E-state index in [-0.39, 0.29) is 11.8 Å². The first kappa shape index (κ1) is 11.6. The maximum Gasteiger partial charge on any atom is 0.261 e. The lowest BCUT2D eigenvalue weighted by molar-refractivity contribution is -0.120. The number of nitrogens with zero attached hydrogens (tertiary/aromatic N) is 1. The third-order valence-electron chi connectivity index (χ3n) is 2.92. The van der Waals surface area contributed by atoms with Gasteiger partial charge in [0.05, 0.1) is 5.69 Å². The molecule has 1 aromatic rings. The molecule has 0 aliphatic carbocycles. The highest BCUT2D eigenvalue weighted by Crippen LogP contribution is 2.24. The van der Waals surface area contributed by atoms with Crippen molar-refractivity contribution in [1.29, 1.82) is 0 Å². The summed E-state index contributed by atoms with van der Waals surface area (Å²) < 4.78 is 0. The molecule has 0 atom stereocenters. The predicted molar refractivity (Wildman–Crippen MR) is 66.8 cm³/mol. The molecule has 0 spiro atoms. The largest absolute Gasteiger partial charge is 0.269 e. The van der Waals surface area contributed by atoms with Crippen LogP contribution in [0.25, 0.3) is 0 Å². The Morgan fingerprint density at radius 3 is 2.06 bits per heavy atom. The van der Waals surface area contributed by atoms with Crippen LogP contribution in [0.1, 0.15) is 32.3 Å². The predicted octanol–water partition coefficient (Wildman–Crippen LogP) is 2.63. The van der Waals surface area contributed by atoms with Gasteiger partial charge in [0, 0.05) is 11.6 Å². The molecule has 3 heteroatoms. The van der Waals surface area contributed by atoms with E-state index < -0.39 is 0 Å². The minimum absolute atomic E-state index is 0.229. The molecule has 3 nitrogen and oxygen atoms in total. The fraction of sp³-hybridized carbons (Fsp3) is 0.286. The maximum atomic E-state index is 11.8. The van der Waals surface area contributed by atoms with E-state index in [0.29, 0.717) is 17.2 Å². The number of carbonyl (C=O) groups excluding carboxylic acids is 2. The second kappa shape index (κ2) is 4.17. The van der Waals surface area contributed by atoms with E-state index in [1.807, 2.05) is 24.3 Å². The fourth-order valence-corrected chi connectivity index (χ4v) is 1.84. The Morgan fingerprint density at radius 1 is 1.06 bits per heavy atom. The van der Waals surface area contributed by atoms with Crippen molar-refractivity contribution in [1.82, 2.24) is 0 Å². The second-order valence-electron chi connectivity index (χ2n) is 4.55. The van der Waals surface area contributed by atoms with Gasteiger partial charge in [-0.05, 0) is 30.5 Å². The number of hydrogen-bond donors (Lipinski definition) is 0. The Kier molecular flexibility index (Phi) is 2.84. The highest BCUT2D eigenvalue weighted by molar-refractivity contribution is 6.30. The van der Waals surface area contributed by atoms with Crippen LogP contribution >= 0.6 is 0 Å². The van der Waals surface area contributed by atoms with Crippen LogP contribution in [0.15, 0.2) is 35.9 Å². The standard InChI is InChI=1S/C14H15NO2/c1-9(2)11-4-6-12(7-5-11)15-13(16)8-10(3)14(15)17/h4-9H,1-3H3. The van der Waals surface area contributed by atoms with Gasteiger partial charge < -0.3 is 0 Å². The Labute approximate surface area is 101 Å². The van der Waals surface area contributed by atoms with Crippen LogP contribution in [-0.2, 0) is 9.59 Å². The summed E-state index contributed by atoms with van der Waals surface area (Å²) >= 11 is 0. The molecule has 0 radical (unpaired) electrons. The van der Waals surface area contributed by atoms with Gasteiger partial charge in [0.1, 0.15) is 0 Å². The smallest absolute Gasteiger partial charge is 0.261 e. The van der Waals surface area contributed by atoms with Gasteiger partial charge in [0.25, 0.3) is 11.8 Å². The Hall–Kier alpha value is -1.90. The van der Waals surface area contributed by atoms with E-state index in [2.05, 4.69) is 13.8 Å². The van der Waals surface area contributed by atoms with Crippen molar-refractivity contribution in [3.8, 4) is 0 Å². The summed E-state index contributed by atoms with van der Waals surface area (Å²) in [7, 11) is 0. The van der Waals surface area contributed by atoms with Crippen LogP contribution in [0.4, 0.5) is 5.69 Å². The summed E-state index contributed by atoms with van der Waals surface area (Å²) in [4.78, 5) is 24.6. The number of hydrogen-bond acceptors (Lipinski definition) is 2.